The van der Waals surface area contributed by atoms with Crippen LogP contribution in [0.4, 0.5) is 0 Å². The lowest BCUT2D eigenvalue weighted by Gasteiger charge is -2.21. The van der Waals surface area contributed by atoms with E-state index in [2.05, 4.69) is 10.0 Å². The number of carbonyl (C=O) groups is 2. The molecule has 0 aliphatic carbocycles. The van der Waals surface area contributed by atoms with Crippen LogP contribution in [0.5, 0.6) is 5.75 Å². The summed E-state index contributed by atoms with van der Waals surface area (Å²) < 4.78 is 32.4. The van der Waals surface area contributed by atoms with E-state index in [1.54, 1.807) is 13.8 Å². The van der Waals surface area contributed by atoms with Gasteiger partial charge in [0.2, 0.25) is 15.9 Å². The van der Waals surface area contributed by atoms with Gasteiger partial charge >= 0.3 is 5.97 Å². The van der Waals surface area contributed by atoms with Gasteiger partial charge in [0.25, 0.3) is 0 Å². The second-order valence-electron chi connectivity index (χ2n) is 6.16. The molecule has 8 nitrogen and oxygen atoms in total. The van der Waals surface area contributed by atoms with Crippen LogP contribution in [0.15, 0.2) is 29.2 Å². The molecule has 0 heterocycles. The molecule has 0 radical (unpaired) electrons. The van der Waals surface area contributed by atoms with Crippen LogP contribution in [0.25, 0.3) is 0 Å². The predicted molar refractivity (Wildman–Crippen MR) is 96.4 cm³/mol. The highest BCUT2D eigenvalue weighted by Gasteiger charge is 2.28. The van der Waals surface area contributed by atoms with Gasteiger partial charge in [0.1, 0.15) is 11.8 Å². The highest BCUT2D eigenvalue weighted by molar-refractivity contribution is 7.89. The molecule has 0 fully saturated rings. The van der Waals surface area contributed by atoms with Gasteiger partial charge in [-0.3, -0.25) is 9.59 Å². The number of rotatable bonds is 11. The lowest BCUT2D eigenvalue weighted by atomic mass is 10.1. The molecule has 1 aromatic carbocycles. The number of hydrogen-bond donors (Lipinski definition) is 3. The summed E-state index contributed by atoms with van der Waals surface area (Å²) in [7, 11) is -2.38. The van der Waals surface area contributed by atoms with Crippen molar-refractivity contribution in [3.63, 3.8) is 0 Å². The summed E-state index contributed by atoms with van der Waals surface area (Å²) in [5.41, 5.74) is 0. The highest BCUT2D eigenvalue weighted by Crippen LogP contribution is 2.16. The molecule has 1 rings (SSSR count). The van der Waals surface area contributed by atoms with Crippen LogP contribution in [0, 0.1) is 5.92 Å². The molecule has 3 N–H and O–H groups in total. The summed E-state index contributed by atoms with van der Waals surface area (Å²) in [5.74, 6) is -1.05. The molecule has 1 amide bonds. The molecule has 0 saturated heterocycles. The summed E-state index contributed by atoms with van der Waals surface area (Å²) in [6.45, 7) is 3.77. The van der Waals surface area contributed by atoms with Gasteiger partial charge in [-0.25, -0.2) is 8.42 Å². The van der Waals surface area contributed by atoms with Gasteiger partial charge in [-0.05, 0) is 43.0 Å². The zero-order valence-corrected chi connectivity index (χ0v) is 16.0. The Morgan fingerprint density at radius 1 is 1.15 bits per heavy atom. The fourth-order valence-electron chi connectivity index (χ4n) is 2.21. The number of aliphatic carboxylic acids is 1. The minimum Gasteiger partial charge on any atom is -0.497 e. The molecule has 0 aliphatic rings. The van der Waals surface area contributed by atoms with Gasteiger partial charge in [0.15, 0.2) is 0 Å². The Balaban J connectivity index is 2.70. The predicted octanol–water partition coefficient (Wildman–Crippen LogP) is 1.37. The normalized spacial score (nSPS) is 12.6. The van der Waals surface area contributed by atoms with E-state index in [0.29, 0.717) is 25.1 Å². The largest absolute Gasteiger partial charge is 0.497 e. The van der Waals surface area contributed by atoms with E-state index >= 15 is 0 Å². The Hall–Kier alpha value is -2.13. The van der Waals surface area contributed by atoms with Gasteiger partial charge in [-0.2, -0.15) is 4.72 Å². The molecule has 0 aliphatic heterocycles. The molecule has 0 aromatic heterocycles. The van der Waals surface area contributed by atoms with E-state index in [1.165, 1.54) is 31.4 Å². The van der Waals surface area contributed by atoms with Crippen molar-refractivity contribution in [3.05, 3.63) is 24.3 Å². The average molecular weight is 386 g/mol. The van der Waals surface area contributed by atoms with Crippen molar-refractivity contribution in [3.8, 4) is 5.75 Å². The molecule has 1 unspecified atom stereocenters. The first-order valence-electron chi connectivity index (χ1n) is 8.33. The first-order valence-corrected chi connectivity index (χ1v) is 9.81. The van der Waals surface area contributed by atoms with Crippen LogP contribution in [0.3, 0.4) is 0 Å². The number of unbranched alkanes of at least 4 members (excludes halogenated alkanes) is 1. The van der Waals surface area contributed by atoms with Crippen LogP contribution in [-0.4, -0.2) is 45.1 Å². The maximum Gasteiger partial charge on any atom is 0.303 e. The summed E-state index contributed by atoms with van der Waals surface area (Å²) in [6, 6.07) is 4.94. The minimum absolute atomic E-state index is 0.0353. The number of carbonyl (C=O) groups excluding carboxylic acids is 1. The van der Waals surface area contributed by atoms with Crippen LogP contribution in [0.1, 0.15) is 33.1 Å². The molecule has 0 bridgehead atoms. The van der Waals surface area contributed by atoms with Crippen molar-refractivity contribution in [1.82, 2.24) is 10.0 Å². The first kappa shape index (κ1) is 21.9. The van der Waals surface area contributed by atoms with Crippen LogP contribution in [-0.2, 0) is 19.6 Å². The maximum absolute atomic E-state index is 12.5. The number of amides is 1. The topological polar surface area (TPSA) is 122 Å². The third-order valence-electron chi connectivity index (χ3n) is 3.72. The molecule has 0 saturated carbocycles. The summed E-state index contributed by atoms with van der Waals surface area (Å²) in [4.78, 5) is 22.8. The van der Waals surface area contributed by atoms with Crippen molar-refractivity contribution in [1.29, 1.82) is 0 Å². The van der Waals surface area contributed by atoms with Crippen LogP contribution in [0.2, 0.25) is 0 Å². The van der Waals surface area contributed by atoms with Gasteiger partial charge in [0.05, 0.1) is 12.0 Å². The fraction of sp³-hybridized carbons (Fsp3) is 0.529. The number of nitrogens with one attached hydrogen (secondary N) is 2. The molecule has 1 atom stereocenters. The van der Waals surface area contributed by atoms with E-state index < -0.39 is 27.9 Å². The van der Waals surface area contributed by atoms with E-state index in [1.807, 2.05) is 0 Å². The van der Waals surface area contributed by atoms with Crippen molar-refractivity contribution in [2.45, 2.75) is 44.0 Å². The van der Waals surface area contributed by atoms with Gasteiger partial charge in [-0.15, -0.1) is 0 Å². The van der Waals surface area contributed by atoms with E-state index in [9.17, 15) is 18.0 Å². The van der Waals surface area contributed by atoms with Crippen LogP contribution < -0.4 is 14.8 Å². The summed E-state index contributed by atoms with van der Waals surface area (Å²) >= 11 is 0. The second-order valence-corrected chi connectivity index (χ2v) is 7.87. The lowest BCUT2D eigenvalue weighted by molar-refractivity contribution is -0.137. The Kier molecular flexibility index (Phi) is 8.53. The maximum atomic E-state index is 12.5. The fourth-order valence-corrected chi connectivity index (χ4v) is 3.55. The number of benzene rings is 1. The number of ether oxygens (including phenoxy) is 1. The first-order chi connectivity index (χ1) is 12.2. The lowest BCUT2D eigenvalue weighted by Crippen LogP contribution is -2.49. The second kappa shape index (κ2) is 10.1. The molecule has 146 valence electrons. The number of methoxy groups -OCH3 is 1. The molecular weight excluding hydrogens is 360 g/mol. The molecular formula is C17H26N2O6S. The minimum atomic E-state index is -3.87. The third-order valence-corrected chi connectivity index (χ3v) is 5.17. The van der Waals surface area contributed by atoms with E-state index in [-0.39, 0.29) is 17.2 Å². The Morgan fingerprint density at radius 2 is 1.77 bits per heavy atom. The molecule has 1 aromatic rings. The van der Waals surface area contributed by atoms with E-state index in [0.717, 1.165) is 0 Å². The highest BCUT2D eigenvalue weighted by atomic mass is 32.2. The number of hydrogen-bond acceptors (Lipinski definition) is 5. The number of carboxylic acid groups (broad SMARTS) is 1. The van der Waals surface area contributed by atoms with Gasteiger partial charge in [-0.1, -0.05) is 13.8 Å². The molecule has 9 heteroatoms. The summed E-state index contributed by atoms with van der Waals surface area (Å²) in [6.07, 6.45) is 0.987. The van der Waals surface area contributed by atoms with Crippen molar-refractivity contribution in [2.24, 2.45) is 5.92 Å². The van der Waals surface area contributed by atoms with Crippen molar-refractivity contribution >= 4 is 21.9 Å². The van der Waals surface area contributed by atoms with Crippen LogP contribution >= 0.6 is 0 Å². The Bertz CT molecular complexity index is 700. The van der Waals surface area contributed by atoms with Gasteiger partial charge in [0, 0.05) is 13.0 Å². The zero-order valence-electron chi connectivity index (χ0n) is 15.2. The molecule has 0 spiro atoms. The average Bonchev–Trinajstić information content (AvgIpc) is 2.58. The smallest absolute Gasteiger partial charge is 0.303 e. The quantitative estimate of drug-likeness (QED) is 0.494. The SMILES string of the molecule is COc1ccc(S(=O)(=O)NC(C(=O)NCCCCC(=O)O)C(C)C)cc1. The van der Waals surface area contributed by atoms with E-state index in [4.69, 9.17) is 9.84 Å². The van der Waals surface area contributed by atoms with Crippen molar-refractivity contribution in [2.75, 3.05) is 13.7 Å². The standard InChI is InChI=1S/C17H26N2O6S/c1-12(2)16(17(22)18-11-5-4-6-15(20)21)19-26(23,24)14-9-7-13(25-3)8-10-14/h7-10,12,16,19H,4-6,11H2,1-3H3,(H,18,22)(H,20,21). The summed E-state index contributed by atoms with van der Waals surface area (Å²) in [5, 5.41) is 11.2. The van der Waals surface area contributed by atoms with Crippen molar-refractivity contribution < 1.29 is 27.9 Å². The number of carboxylic acids is 1. The van der Waals surface area contributed by atoms with Gasteiger partial charge < -0.3 is 15.2 Å². The Labute approximate surface area is 154 Å². The monoisotopic (exact) mass is 386 g/mol. The third kappa shape index (κ3) is 7.01. The molecule has 26 heavy (non-hydrogen) atoms. The number of sulfonamides is 1. The zero-order chi connectivity index (χ0) is 19.7. The Morgan fingerprint density at radius 3 is 2.27 bits per heavy atom.